The van der Waals surface area contributed by atoms with E-state index in [1.165, 1.54) is 12.1 Å². The van der Waals surface area contributed by atoms with Gasteiger partial charge in [0.05, 0.1) is 5.39 Å². The van der Waals surface area contributed by atoms with Crippen molar-refractivity contribution in [1.82, 2.24) is 0 Å². The Bertz CT molecular complexity index is 574. The molecule has 0 saturated carbocycles. The molecule has 0 aliphatic carbocycles. The van der Waals surface area contributed by atoms with Crippen LogP contribution in [0.2, 0.25) is 0 Å². The summed E-state index contributed by atoms with van der Waals surface area (Å²) in [5, 5.41) is 26.5. The Morgan fingerprint density at radius 2 is 1.82 bits per heavy atom. The molecular formula is C10H7BF2O4. The van der Waals surface area contributed by atoms with Crippen LogP contribution in [-0.2, 0) is 0 Å². The van der Waals surface area contributed by atoms with Crippen molar-refractivity contribution in [2.45, 2.75) is 0 Å². The van der Waals surface area contributed by atoms with E-state index in [-0.39, 0.29) is 22.3 Å². The quantitative estimate of drug-likeness (QED) is 0.689. The Morgan fingerprint density at radius 3 is 2.47 bits per heavy atom. The van der Waals surface area contributed by atoms with Gasteiger partial charge in [0.2, 0.25) is 0 Å². The summed E-state index contributed by atoms with van der Waals surface area (Å²) < 4.78 is 31.1. The van der Waals surface area contributed by atoms with Crippen LogP contribution in [0.4, 0.5) is 8.78 Å². The molecule has 17 heavy (non-hydrogen) atoms. The second-order valence-electron chi connectivity index (χ2n) is 3.35. The second-order valence-corrected chi connectivity index (χ2v) is 3.35. The van der Waals surface area contributed by atoms with Gasteiger partial charge in [-0.3, -0.25) is 0 Å². The molecule has 2 aromatic rings. The maximum atomic E-state index is 13.5. The highest BCUT2D eigenvalue weighted by Crippen LogP contribution is 2.33. The number of phenols is 1. The standard InChI is InChI=1S/C10H7BF2O4/c12-7-2-1-5-3-6(14)4-8(17-11(15)16)9(5)10(7)13/h1-4,14-16H. The van der Waals surface area contributed by atoms with Crippen molar-refractivity contribution in [2.75, 3.05) is 0 Å². The summed E-state index contributed by atoms with van der Waals surface area (Å²) in [5.41, 5.74) is 0. The van der Waals surface area contributed by atoms with Crippen LogP contribution >= 0.6 is 0 Å². The third-order valence-corrected chi connectivity index (χ3v) is 2.19. The second kappa shape index (κ2) is 4.19. The van der Waals surface area contributed by atoms with Crippen LogP contribution in [-0.4, -0.2) is 22.5 Å². The zero-order valence-corrected chi connectivity index (χ0v) is 8.39. The smallest absolute Gasteiger partial charge is 0.511 e. The van der Waals surface area contributed by atoms with Gasteiger partial charge in [-0.2, -0.15) is 0 Å². The molecule has 0 aromatic heterocycles. The van der Waals surface area contributed by atoms with E-state index >= 15 is 0 Å². The molecule has 0 amide bonds. The predicted molar refractivity (Wildman–Crippen MR) is 56.3 cm³/mol. The maximum Gasteiger partial charge on any atom is 0.707 e. The lowest BCUT2D eigenvalue weighted by atomic mass is 10.1. The maximum absolute atomic E-state index is 13.5. The zero-order chi connectivity index (χ0) is 12.6. The Hall–Kier alpha value is -1.86. The van der Waals surface area contributed by atoms with E-state index < -0.39 is 19.0 Å². The molecule has 0 heterocycles. The average Bonchev–Trinajstić information content (AvgIpc) is 2.22. The highest BCUT2D eigenvalue weighted by molar-refractivity contribution is 6.34. The molecule has 0 atom stereocenters. The molecule has 2 aromatic carbocycles. The van der Waals surface area contributed by atoms with Crippen LogP contribution in [0.1, 0.15) is 0 Å². The highest BCUT2D eigenvalue weighted by Gasteiger charge is 2.18. The first kappa shape index (κ1) is 11.6. The first-order valence-electron chi connectivity index (χ1n) is 4.62. The molecule has 4 nitrogen and oxygen atoms in total. The molecule has 0 aliphatic heterocycles. The number of rotatable bonds is 2. The van der Waals surface area contributed by atoms with Crippen LogP contribution in [0.3, 0.4) is 0 Å². The summed E-state index contributed by atoms with van der Waals surface area (Å²) in [5.74, 6) is -2.90. The minimum atomic E-state index is -2.19. The van der Waals surface area contributed by atoms with E-state index in [0.29, 0.717) is 0 Å². The van der Waals surface area contributed by atoms with E-state index in [1.807, 2.05) is 0 Å². The molecule has 0 unspecified atom stereocenters. The molecule has 0 fully saturated rings. The van der Waals surface area contributed by atoms with Crippen molar-refractivity contribution < 1.29 is 28.6 Å². The van der Waals surface area contributed by atoms with Crippen molar-refractivity contribution in [1.29, 1.82) is 0 Å². The molecule has 0 aliphatic rings. The number of aromatic hydroxyl groups is 1. The fraction of sp³-hybridized carbons (Fsp3) is 0. The largest absolute Gasteiger partial charge is 0.707 e. The predicted octanol–water partition coefficient (Wildman–Crippen LogP) is 1.17. The van der Waals surface area contributed by atoms with Crippen LogP contribution in [0, 0.1) is 11.6 Å². The third kappa shape index (κ3) is 2.15. The van der Waals surface area contributed by atoms with Crippen molar-refractivity contribution in [2.24, 2.45) is 0 Å². The summed E-state index contributed by atoms with van der Waals surface area (Å²) in [6.07, 6.45) is 0. The van der Waals surface area contributed by atoms with Gasteiger partial charge in [-0.05, 0) is 17.5 Å². The number of phenolic OH excluding ortho intramolecular Hbond substituents is 1. The number of hydrogen-bond acceptors (Lipinski definition) is 4. The average molecular weight is 240 g/mol. The molecule has 88 valence electrons. The first-order valence-corrected chi connectivity index (χ1v) is 4.62. The Labute approximate surface area is 94.9 Å². The van der Waals surface area contributed by atoms with Gasteiger partial charge >= 0.3 is 7.32 Å². The minimum absolute atomic E-state index is 0.180. The van der Waals surface area contributed by atoms with Crippen molar-refractivity contribution >= 4 is 18.1 Å². The highest BCUT2D eigenvalue weighted by atomic mass is 19.2. The number of fused-ring (bicyclic) bond motifs is 1. The Kier molecular flexibility index (Phi) is 2.87. The van der Waals surface area contributed by atoms with Gasteiger partial charge in [-0.25, -0.2) is 8.78 Å². The molecule has 0 saturated heterocycles. The van der Waals surface area contributed by atoms with Gasteiger partial charge in [-0.1, -0.05) is 6.07 Å². The van der Waals surface area contributed by atoms with Gasteiger partial charge in [0.25, 0.3) is 0 Å². The monoisotopic (exact) mass is 240 g/mol. The molecule has 0 spiro atoms. The molecule has 2 rings (SSSR count). The van der Waals surface area contributed by atoms with Crippen molar-refractivity contribution in [3.8, 4) is 11.5 Å². The van der Waals surface area contributed by atoms with E-state index in [1.54, 1.807) is 0 Å². The van der Waals surface area contributed by atoms with E-state index in [4.69, 9.17) is 10.0 Å². The van der Waals surface area contributed by atoms with Crippen LogP contribution in [0.15, 0.2) is 24.3 Å². The van der Waals surface area contributed by atoms with Crippen LogP contribution in [0.25, 0.3) is 10.8 Å². The van der Waals surface area contributed by atoms with E-state index in [9.17, 15) is 13.9 Å². The van der Waals surface area contributed by atoms with Crippen molar-refractivity contribution in [3.63, 3.8) is 0 Å². The molecule has 0 radical (unpaired) electrons. The fourth-order valence-corrected chi connectivity index (χ4v) is 1.55. The normalized spacial score (nSPS) is 10.6. The molecule has 7 heteroatoms. The lowest BCUT2D eigenvalue weighted by molar-refractivity contribution is 0.289. The summed E-state index contributed by atoms with van der Waals surface area (Å²) in [7, 11) is -2.19. The fourth-order valence-electron chi connectivity index (χ4n) is 1.55. The lowest BCUT2D eigenvalue weighted by Crippen LogP contribution is -2.20. The number of halogens is 2. The van der Waals surface area contributed by atoms with E-state index in [2.05, 4.69) is 4.65 Å². The summed E-state index contributed by atoms with van der Waals surface area (Å²) in [4.78, 5) is 0. The Balaban J connectivity index is 2.75. The molecule has 3 N–H and O–H groups in total. The number of benzene rings is 2. The Morgan fingerprint density at radius 1 is 1.12 bits per heavy atom. The third-order valence-electron chi connectivity index (χ3n) is 2.19. The number of hydrogen-bond donors (Lipinski definition) is 3. The van der Waals surface area contributed by atoms with Gasteiger partial charge < -0.3 is 19.8 Å². The lowest BCUT2D eigenvalue weighted by Gasteiger charge is -2.10. The summed E-state index contributed by atoms with van der Waals surface area (Å²) in [6.45, 7) is 0. The zero-order valence-electron chi connectivity index (χ0n) is 8.39. The van der Waals surface area contributed by atoms with Gasteiger partial charge in [-0.15, -0.1) is 0 Å². The SMILES string of the molecule is OB(O)Oc1cc(O)cc2ccc(F)c(F)c12. The van der Waals surface area contributed by atoms with Gasteiger partial charge in [0.1, 0.15) is 11.5 Å². The van der Waals surface area contributed by atoms with Crippen molar-refractivity contribution in [3.05, 3.63) is 35.9 Å². The van der Waals surface area contributed by atoms with E-state index in [0.717, 1.165) is 12.1 Å². The first-order chi connectivity index (χ1) is 7.99. The van der Waals surface area contributed by atoms with Crippen LogP contribution < -0.4 is 4.65 Å². The summed E-state index contributed by atoms with van der Waals surface area (Å²) in [6, 6.07) is 4.30. The van der Waals surface area contributed by atoms with Gasteiger partial charge in [0.15, 0.2) is 11.6 Å². The van der Waals surface area contributed by atoms with Gasteiger partial charge in [0, 0.05) is 6.07 Å². The molecule has 0 bridgehead atoms. The molecular weight excluding hydrogens is 233 g/mol. The van der Waals surface area contributed by atoms with Crippen LogP contribution in [0.5, 0.6) is 11.5 Å². The minimum Gasteiger partial charge on any atom is -0.511 e. The topological polar surface area (TPSA) is 69.9 Å². The summed E-state index contributed by atoms with van der Waals surface area (Å²) >= 11 is 0.